The van der Waals surface area contributed by atoms with E-state index in [4.69, 9.17) is 4.74 Å². The standard InChI is InChI=1S/C19H19N3O3/c1-13(23)21-12-15-9-17(21)19(24)22(11-14-5-4-8-20-10-14)16-6-2-3-7-18(16)25-15/h2-8,10,15,17H,9,11-12H2,1H3. The molecule has 3 heterocycles. The molecular formula is C19H19N3O3. The molecule has 2 aliphatic rings. The number of carbonyl (C=O) groups excluding carboxylic acids is 2. The van der Waals surface area contributed by atoms with Gasteiger partial charge in [-0.25, -0.2) is 0 Å². The van der Waals surface area contributed by atoms with Crippen LogP contribution in [0.25, 0.3) is 0 Å². The Labute approximate surface area is 146 Å². The zero-order valence-electron chi connectivity index (χ0n) is 14.0. The quantitative estimate of drug-likeness (QED) is 0.841. The molecule has 1 fully saturated rings. The molecule has 6 nitrogen and oxygen atoms in total. The van der Waals surface area contributed by atoms with Crippen molar-refractivity contribution in [3.05, 3.63) is 54.4 Å². The van der Waals surface area contributed by atoms with Gasteiger partial charge in [0, 0.05) is 25.7 Å². The second-order valence-corrected chi connectivity index (χ2v) is 6.42. The average Bonchev–Trinajstić information content (AvgIpc) is 3.05. The summed E-state index contributed by atoms with van der Waals surface area (Å²) in [6, 6.07) is 10.8. The first-order valence-corrected chi connectivity index (χ1v) is 8.36. The highest BCUT2D eigenvalue weighted by Gasteiger charge is 2.43. The molecule has 1 saturated heterocycles. The third-order valence-corrected chi connectivity index (χ3v) is 4.73. The van der Waals surface area contributed by atoms with Crippen LogP contribution < -0.4 is 9.64 Å². The summed E-state index contributed by atoms with van der Waals surface area (Å²) in [5.74, 6) is 0.502. The van der Waals surface area contributed by atoms with E-state index in [0.29, 0.717) is 25.3 Å². The number of hydrogen-bond acceptors (Lipinski definition) is 4. The third-order valence-electron chi connectivity index (χ3n) is 4.73. The van der Waals surface area contributed by atoms with Gasteiger partial charge in [0.25, 0.3) is 0 Å². The van der Waals surface area contributed by atoms with Crippen LogP contribution in [0.4, 0.5) is 5.69 Å². The van der Waals surface area contributed by atoms with E-state index in [9.17, 15) is 9.59 Å². The summed E-state index contributed by atoms with van der Waals surface area (Å²) in [6.07, 6.45) is 3.82. The summed E-state index contributed by atoms with van der Waals surface area (Å²) in [5.41, 5.74) is 1.66. The van der Waals surface area contributed by atoms with Crippen molar-refractivity contribution in [2.45, 2.75) is 32.0 Å². The highest BCUT2D eigenvalue weighted by molar-refractivity contribution is 6.00. The second kappa shape index (κ2) is 6.20. The minimum Gasteiger partial charge on any atom is -0.486 e. The monoisotopic (exact) mass is 337 g/mol. The molecule has 0 N–H and O–H groups in total. The Hall–Kier alpha value is -2.89. The molecule has 0 saturated carbocycles. The highest BCUT2D eigenvalue weighted by Crippen LogP contribution is 2.36. The van der Waals surface area contributed by atoms with Crippen LogP contribution in [0, 0.1) is 0 Å². The number of aromatic nitrogens is 1. The average molecular weight is 337 g/mol. The highest BCUT2D eigenvalue weighted by atomic mass is 16.5. The zero-order chi connectivity index (χ0) is 17.4. The zero-order valence-corrected chi connectivity index (χ0v) is 14.0. The van der Waals surface area contributed by atoms with Gasteiger partial charge < -0.3 is 14.5 Å². The van der Waals surface area contributed by atoms with Crippen molar-refractivity contribution in [2.75, 3.05) is 11.4 Å². The van der Waals surface area contributed by atoms with Gasteiger partial charge in [-0.05, 0) is 23.8 Å². The lowest BCUT2D eigenvalue weighted by atomic mass is 10.1. The maximum absolute atomic E-state index is 13.3. The van der Waals surface area contributed by atoms with Crippen LogP contribution in [-0.2, 0) is 16.1 Å². The number of pyridine rings is 1. The molecule has 2 bridgehead atoms. The lowest BCUT2D eigenvalue weighted by molar-refractivity contribution is -0.135. The molecule has 1 aromatic heterocycles. The summed E-state index contributed by atoms with van der Waals surface area (Å²) >= 11 is 0. The summed E-state index contributed by atoms with van der Waals surface area (Å²) in [4.78, 5) is 32.7. The predicted molar refractivity (Wildman–Crippen MR) is 92.1 cm³/mol. The van der Waals surface area contributed by atoms with Crippen LogP contribution >= 0.6 is 0 Å². The van der Waals surface area contributed by atoms with Crippen molar-refractivity contribution in [2.24, 2.45) is 0 Å². The van der Waals surface area contributed by atoms with E-state index in [1.165, 1.54) is 6.92 Å². The molecule has 4 rings (SSSR count). The Kier molecular flexibility index (Phi) is 3.87. The number of carbonyl (C=O) groups is 2. The summed E-state index contributed by atoms with van der Waals surface area (Å²) < 4.78 is 6.12. The number of para-hydroxylation sites is 2. The van der Waals surface area contributed by atoms with E-state index in [1.807, 2.05) is 36.4 Å². The molecule has 2 unspecified atom stereocenters. The van der Waals surface area contributed by atoms with Crippen molar-refractivity contribution in [1.82, 2.24) is 9.88 Å². The molecule has 2 atom stereocenters. The lowest BCUT2D eigenvalue weighted by Gasteiger charge is -2.31. The van der Waals surface area contributed by atoms with Crippen LogP contribution in [0.3, 0.4) is 0 Å². The molecule has 2 aliphatic heterocycles. The number of fused-ring (bicyclic) bond motifs is 3. The van der Waals surface area contributed by atoms with E-state index < -0.39 is 6.04 Å². The van der Waals surface area contributed by atoms with Crippen LogP contribution in [0.2, 0.25) is 0 Å². The van der Waals surface area contributed by atoms with E-state index >= 15 is 0 Å². The molecule has 2 amide bonds. The SMILES string of the molecule is CC(=O)N1CC2CC1C(=O)N(Cc1cccnc1)c1ccccc1O2. The van der Waals surface area contributed by atoms with Gasteiger partial charge in [0.05, 0.1) is 18.8 Å². The second-order valence-electron chi connectivity index (χ2n) is 6.42. The van der Waals surface area contributed by atoms with E-state index in [0.717, 1.165) is 11.3 Å². The van der Waals surface area contributed by atoms with Gasteiger partial charge in [-0.2, -0.15) is 0 Å². The third kappa shape index (κ3) is 2.84. The minimum atomic E-state index is -0.479. The summed E-state index contributed by atoms with van der Waals surface area (Å²) in [6.45, 7) is 2.33. The molecule has 1 aromatic carbocycles. The molecule has 2 aromatic rings. The number of ether oxygens (including phenoxy) is 1. The predicted octanol–water partition coefficient (Wildman–Crippen LogP) is 2.00. The number of likely N-dealkylation sites (tertiary alicyclic amines) is 1. The Morgan fingerprint density at radius 3 is 2.88 bits per heavy atom. The summed E-state index contributed by atoms with van der Waals surface area (Å²) in [5, 5.41) is 0. The van der Waals surface area contributed by atoms with E-state index in [2.05, 4.69) is 4.98 Å². The van der Waals surface area contributed by atoms with E-state index in [1.54, 1.807) is 22.2 Å². The Morgan fingerprint density at radius 2 is 2.12 bits per heavy atom. The van der Waals surface area contributed by atoms with Crippen molar-refractivity contribution in [3.63, 3.8) is 0 Å². The van der Waals surface area contributed by atoms with Crippen molar-refractivity contribution in [3.8, 4) is 5.75 Å². The van der Waals surface area contributed by atoms with Gasteiger partial charge in [0.2, 0.25) is 11.8 Å². The van der Waals surface area contributed by atoms with Gasteiger partial charge in [-0.1, -0.05) is 18.2 Å². The Morgan fingerprint density at radius 1 is 1.28 bits per heavy atom. The normalized spacial score (nSPS) is 22.0. The van der Waals surface area contributed by atoms with E-state index in [-0.39, 0.29) is 17.9 Å². The number of rotatable bonds is 2. The summed E-state index contributed by atoms with van der Waals surface area (Å²) in [7, 11) is 0. The van der Waals surface area contributed by atoms with Crippen molar-refractivity contribution >= 4 is 17.5 Å². The molecular weight excluding hydrogens is 318 g/mol. The minimum absolute atomic E-state index is 0.0719. The maximum atomic E-state index is 13.3. The first kappa shape index (κ1) is 15.6. The van der Waals surface area contributed by atoms with Crippen LogP contribution in [0.5, 0.6) is 5.75 Å². The van der Waals surface area contributed by atoms with Crippen LogP contribution in [0.1, 0.15) is 18.9 Å². The molecule has 0 aliphatic carbocycles. The van der Waals surface area contributed by atoms with Crippen molar-refractivity contribution < 1.29 is 14.3 Å². The fraction of sp³-hybridized carbons (Fsp3) is 0.316. The van der Waals surface area contributed by atoms with Gasteiger partial charge >= 0.3 is 0 Å². The number of anilines is 1. The fourth-order valence-corrected chi connectivity index (χ4v) is 3.56. The Balaban J connectivity index is 1.76. The van der Waals surface area contributed by atoms with Gasteiger partial charge in [0.1, 0.15) is 17.9 Å². The molecule has 25 heavy (non-hydrogen) atoms. The Bertz CT molecular complexity index is 809. The number of nitrogens with zero attached hydrogens (tertiary/aromatic N) is 3. The largest absolute Gasteiger partial charge is 0.486 e. The number of amides is 2. The van der Waals surface area contributed by atoms with Gasteiger partial charge in [-0.15, -0.1) is 0 Å². The first-order valence-electron chi connectivity index (χ1n) is 8.36. The van der Waals surface area contributed by atoms with Crippen LogP contribution in [-0.4, -0.2) is 40.4 Å². The van der Waals surface area contributed by atoms with Crippen LogP contribution in [0.15, 0.2) is 48.8 Å². The van der Waals surface area contributed by atoms with Gasteiger partial charge in [-0.3, -0.25) is 14.6 Å². The topological polar surface area (TPSA) is 62.7 Å². The molecule has 6 heteroatoms. The molecule has 128 valence electrons. The smallest absolute Gasteiger partial charge is 0.250 e. The number of benzene rings is 1. The maximum Gasteiger partial charge on any atom is 0.250 e. The molecule has 0 radical (unpaired) electrons. The first-order chi connectivity index (χ1) is 12.1. The van der Waals surface area contributed by atoms with Gasteiger partial charge in [0.15, 0.2) is 0 Å². The van der Waals surface area contributed by atoms with Crippen molar-refractivity contribution in [1.29, 1.82) is 0 Å². The lowest BCUT2D eigenvalue weighted by Crippen LogP contribution is -2.47. The fourth-order valence-electron chi connectivity index (χ4n) is 3.56. The molecule has 0 spiro atoms. The number of hydrogen-bond donors (Lipinski definition) is 0.